The quantitative estimate of drug-likeness (QED) is 0.416. The van der Waals surface area contributed by atoms with Gasteiger partial charge in [-0.15, -0.1) is 0 Å². The molecule has 0 bridgehead atoms. The molecule has 0 saturated carbocycles. The maximum atomic E-state index is 14.3. The summed E-state index contributed by atoms with van der Waals surface area (Å²) in [6.45, 7) is 8.70. The molecule has 180 valence electrons. The van der Waals surface area contributed by atoms with Crippen LogP contribution in [0.15, 0.2) is 30.6 Å². The molecule has 1 aliphatic rings. The average molecular weight is 477 g/mol. The summed E-state index contributed by atoms with van der Waals surface area (Å²) in [6.07, 6.45) is 1.03. The molecule has 9 nitrogen and oxygen atoms in total. The van der Waals surface area contributed by atoms with Crippen molar-refractivity contribution in [2.45, 2.75) is 45.9 Å². The molecule has 1 aromatic carbocycles. The Balaban J connectivity index is 1.75. The molecule has 1 N–H and O–H groups in total. The number of imidazole rings is 1. The fourth-order valence-corrected chi connectivity index (χ4v) is 4.14. The van der Waals surface area contributed by atoms with Gasteiger partial charge in [0.25, 0.3) is 0 Å². The second-order valence-electron chi connectivity index (χ2n) is 9.46. The number of carbonyl (C=O) groups is 1. The van der Waals surface area contributed by atoms with E-state index in [1.807, 2.05) is 44.4 Å². The van der Waals surface area contributed by atoms with Crippen LogP contribution in [-0.4, -0.2) is 50.5 Å². The smallest absolute Gasteiger partial charge is 0.416 e. The van der Waals surface area contributed by atoms with Gasteiger partial charge in [0.15, 0.2) is 5.82 Å². The highest BCUT2D eigenvalue weighted by Gasteiger charge is 2.30. The zero-order valence-electron chi connectivity index (χ0n) is 19.9. The number of H-pyrrole nitrogens is 1. The number of epoxide rings is 1. The van der Waals surface area contributed by atoms with E-state index in [-0.39, 0.29) is 11.7 Å². The summed E-state index contributed by atoms with van der Waals surface area (Å²) in [7, 11) is 0. The lowest BCUT2D eigenvalue weighted by molar-refractivity contribution is 0.0581. The van der Waals surface area contributed by atoms with Gasteiger partial charge in [0.2, 0.25) is 0 Å². The van der Waals surface area contributed by atoms with E-state index in [1.165, 1.54) is 17.0 Å². The van der Waals surface area contributed by atoms with Crippen LogP contribution in [0.1, 0.15) is 33.3 Å². The third-order valence-corrected chi connectivity index (χ3v) is 5.70. The number of halogens is 1. The molecule has 3 aromatic heterocycles. The van der Waals surface area contributed by atoms with E-state index in [1.54, 1.807) is 12.4 Å². The van der Waals surface area contributed by atoms with Crippen LogP contribution in [0.5, 0.6) is 0 Å². The van der Waals surface area contributed by atoms with Crippen LogP contribution in [0, 0.1) is 17.1 Å². The number of nitrogens with one attached hydrogen (secondary N) is 1. The Bertz CT molecular complexity index is 1490. The zero-order chi connectivity index (χ0) is 24.9. The van der Waals surface area contributed by atoms with Crippen molar-refractivity contribution < 1.29 is 18.7 Å². The topological polar surface area (TPSA) is 112 Å². The molecule has 1 unspecified atom stereocenters. The van der Waals surface area contributed by atoms with E-state index < -0.39 is 17.5 Å². The minimum atomic E-state index is -0.672. The first-order chi connectivity index (χ1) is 16.7. The van der Waals surface area contributed by atoms with Gasteiger partial charge in [-0.1, -0.05) is 0 Å². The number of aromatic nitrogens is 4. The molecule has 1 aliphatic heterocycles. The molecule has 0 aliphatic carbocycles. The van der Waals surface area contributed by atoms with Crippen LogP contribution in [-0.2, 0) is 16.0 Å². The van der Waals surface area contributed by atoms with Gasteiger partial charge in [-0.2, -0.15) is 5.26 Å². The average Bonchev–Trinajstić information content (AvgIpc) is 3.33. The number of carbonyl (C=O) groups excluding carboxylic acids is 1. The van der Waals surface area contributed by atoms with Crippen molar-refractivity contribution in [2.75, 3.05) is 18.1 Å². The van der Waals surface area contributed by atoms with Crippen molar-refractivity contribution in [2.24, 2.45) is 0 Å². The van der Waals surface area contributed by atoms with Crippen LogP contribution >= 0.6 is 0 Å². The van der Waals surface area contributed by atoms with Crippen molar-refractivity contribution in [3.05, 3.63) is 42.0 Å². The zero-order valence-corrected chi connectivity index (χ0v) is 19.9. The first-order valence-corrected chi connectivity index (χ1v) is 11.4. The number of pyridine rings is 1. The maximum Gasteiger partial charge on any atom is 0.416 e. The molecule has 4 aromatic rings. The minimum absolute atomic E-state index is 0.00149. The van der Waals surface area contributed by atoms with Crippen molar-refractivity contribution in [3.63, 3.8) is 0 Å². The maximum absolute atomic E-state index is 14.3. The number of hydrogen-bond acceptors (Lipinski definition) is 6. The number of nitriles is 1. The van der Waals surface area contributed by atoms with Gasteiger partial charge in [-0.3, -0.25) is 4.90 Å². The van der Waals surface area contributed by atoms with E-state index in [0.29, 0.717) is 53.5 Å². The van der Waals surface area contributed by atoms with Crippen LogP contribution < -0.4 is 4.90 Å². The number of amides is 1. The van der Waals surface area contributed by atoms with Crippen LogP contribution in [0.25, 0.3) is 33.3 Å². The first kappa shape index (κ1) is 22.8. The van der Waals surface area contributed by atoms with Gasteiger partial charge in [-0.25, -0.2) is 19.2 Å². The Morgan fingerprint density at radius 2 is 2.14 bits per heavy atom. The molecule has 4 heterocycles. The molecule has 35 heavy (non-hydrogen) atoms. The summed E-state index contributed by atoms with van der Waals surface area (Å²) >= 11 is 0. The number of anilines is 1. The molecule has 0 spiro atoms. The fourth-order valence-electron chi connectivity index (χ4n) is 4.14. The van der Waals surface area contributed by atoms with E-state index >= 15 is 0 Å². The molecule has 1 atom stereocenters. The van der Waals surface area contributed by atoms with Gasteiger partial charge >= 0.3 is 6.09 Å². The minimum Gasteiger partial charge on any atom is -0.443 e. The third-order valence-electron chi connectivity index (χ3n) is 5.70. The van der Waals surface area contributed by atoms with Crippen LogP contribution in [0.3, 0.4) is 0 Å². The van der Waals surface area contributed by atoms with Gasteiger partial charge in [0.1, 0.15) is 28.1 Å². The first-order valence-electron chi connectivity index (χ1n) is 11.4. The number of ether oxygens (including phenoxy) is 2. The Hall–Kier alpha value is -3.97. The predicted octanol–water partition coefficient (Wildman–Crippen LogP) is 4.75. The third kappa shape index (κ3) is 4.31. The van der Waals surface area contributed by atoms with Crippen LogP contribution in [0.4, 0.5) is 15.0 Å². The van der Waals surface area contributed by atoms with E-state index in [9.17, 15) is 14.4 Å². The molecule has 1 amide bonds. The van der Waals surface area contributed by atoms with Crippen molar-refractivity contribution in [1.82, 2.24) is 19.5 Å². The van der Waals surface area contributed by atoms with E-state index in [0.717, 1.165) is 5.39 Å². The lowest BCUT2D eigenvalue weighted by Gasteiger charge is -2.26. The van der Waals surface area contributed by atoms with Crippen molar-refractivity contribution in [3.8, 4) is 17.3 Å². The summed E-state index contributed by atoms with van der Waals surface area (Å²) in [5, 5.41) is 10.1. The van der Waals surface area contributed by atoms with Crippen molar-refractivity contribution in [1.29, 1.82) is 5.26 Å². The van der Waals surface area contributed by atoms with Gasteiger partial charge < -0.3 is 19.0 Å². The van der Waals surface area contributed by atoms with Crippen molar-refractivity contribution >= 4 is 34.0 Å². The number of rotatable bonds is 5. The molecular weight excluding hydrogens is 451 g/mol. The fraction of sp³-hybridized carbons (Fsp3) is 0.360. The van der Waals surface area contributed by atoms with Crippen LogP contribution in [0.2, 0.25) is 0 Å². The molecule has 1 fully saturated rings. The van der Waals surface area contributed by atoms with Gasteiger partial charge in [-0.05, 0) is 52.0 Å². The number of fused-ring (bicyclic) bond motifs is 3. The summed E-state index contributed by atoms with van der Waals surface area (Å²) < 4.78 is 27.4. The van der Waals surface area contributed by atoms with Gasteiger partial charge in [0.05, 0.1) is 42.9 Å². The van der Waals surface area contributed by atoms with Gasteiger partial charge in [0, 0.05) is 17.5 Å². The van der Waals surface area contributed by atoms with E-state index in [4.69, 9.17) is 14.5 Å². The Labute approximate surface area is 201 Å². The lowest BCUT2D eigenvalue weighted by atomic mass is 10.1. The molecule has 5 rings (SSSR count). The molecular formula is C25H25FN6O3. The highest BCUT2D eigenvalue weighted by Crippen LogP contribution is 2.36. The Morgan fingerprint density at radius 1 is 1.37 bits per heavy atom. The highest BCUT2D eigenvalue weighted by atomic mass is 19.1. The standard InChI is InChI=1S/C25H25FN6O3/c1-5-31(24(33)35-25(2,3)4)23-21-20(28-13-29-21)18-9-19(15-6-14(10-27)7-16(26)8-15)32(22(18)30-23)11-17-12-34-17/h6-9,13,17H,5,11-12H2,1-4H3,(H,28,29). The highest BCUT2D eigenvalue weighted by molar-refractivity contribution is 6.09. The Morgan fingerprint density at radius 3 is 2.80 bits per heavy atom. The number of hydrogen-bond donors (Lipinski definition) is 1. The largest absolute Gasteiger partial charge is 0.443 e. The summed E-state index contributed by atoms with van der Waals surface area (Å²) in [5.74, 6) is -0.111. The second kappa shape index (κ2) is 8.36. The predicted molar refractivity (Wildman–Crippen MR) is 128 cm³/mol. The summed E-state index contributed by atoms with van der Waals surface area (Å²) in [5.41, 5.74) is 2.57. The summed E-state index contributed by atoms with van der Waals surface area (Å²) in [6, 6.07) is 8.12. The molecule has 1 saturated heterocycles. The Kier molecular flexibility index (Phi) is 5.44. The normalized spacial score (nSPS) is 15.4. The number of nitrogens with zero attached hydrogens (tertiary/aromatic N) is 5. The second-order valence-corrected chi connectivity index (χ2v) is 9.46. The monoisotopic (exact) mass is 476 g/mol. The summed E-state index contributed by atoms with van der Waals surface area (Å²) in [4.78, 5) is 27.0. The number of benzene rings is 1. The lowest BCUT2D eigenvalue weighted by Crippen LogP contribution is -2.37. The number of aromatic amines is 1. The molecule has 10 heteroatoms. The molecule has 0 radical (unpaired) electrons. The van der Waals surface area contributed by atoms with E-state index in [2.05, 4.69) is 9.97 Å². The SMILES string of the molecule is CCN(C(=O)OC(C)(C)C)c1nc2c(cc(-c3cc(F)cc(C#N)c3)n2CC2CO2)c2nc[nH]c12.